The summed E-state index contributed by atoms with van der Waals surface area (Å²) in [4.78, 5) is 0. The molecule has 1 atom stereocenters. The SMILES string of the molecule is CCOc1ccccc1C(C)NCc1ccc(F)c(CO)c1. The molecule has 0 fully saturated rings. The van der Waals surface area contributed by atoms with Crippen LogP contribution in [0.4, 0.5) is 4.39 Å². The van der Waals surface area contributed by atoms with Crippen molar-refractivity contribution in [3.05, 3.63) is 65.0 Å². The van der Waals surface area contributed by atoms with Gasteiger partial charge in [0.2, 0.25) is 0 Å². The first-order chi connectivity index (χ1) is 10.7. The molecule has 0 aliphatic carbocycles. The van der Waals surface area contributed by atoms with Gasteiger partial charge < -0.3 is 15.2 Å². The Morgan fingerprint density at radius 2 is 2.00 bits per heavy atom. The van der Waals surface area contributed by atoms with Gasteiger partial charge in [-0.25, -0.2) is 4.39 Å². The van der Waals surface area contributed by atoms with E-state index in [1.807, 2.05) is 31.2 Å². The van der Waals surface area contributed by atoms with Crippen LogP contribution < -0.4 is 10.1 Å². The van der Waals surface area contributed by atoms with Crippen LogP contribution in [0, 0.1) is 5.82 Å². The van der Waals surface area contributed by atoms with Gasteiger partial charge in [0, 0.05) is 23.7 Å². The molecule has 0 spiro atoms. The lowest BCUT2D eigenvalue weighted by Crippen LogP contribution is -2.19. The van der Waals surface area contributed by atoms with E-state index in [1.54, 1.807) is 12.1 Å². The predicted octanol–water partition coefficient (Wildman–Crippen LogP) is 3.57. The molecular formula is C18H22FNO2. The highest BCUT2D eigenvalue weighted by molar-refractivity contribution is 5.35. The summed E-state index contributed by atoms with van der Waals surface area (Å²) in [6.45, 7) is 4.96. The fourth-order valence-electron chi connectivity index (χ4n) is 2.37. The first kappa shape index (κ1) is 16.5. The van der Waals surface area contributed by atoms with Gasteiger partial charge in [-0.3, -0.25) is 0 Å². The molecule has 0 aliphatic heterocycles. The normalized spacial score (nSPS) is 12.2. The predicted molar refractivity (Wildman–Crippen MR) is 85.2 cm³/mol. The van der Waals surface area contributed by atoms with Crippen LogP contribution in [0.15, 0.2) is 42.5 Å². The number of aliphatic hydroxyl groups excluding tert-OH is 1. The summed E-state index contributed by atoms with van der Waals surface area (Å²) in [5.41, 5.74) is 2.35. The van der Waals surface area contributed by atoms with Gasteiger partial charge >= 0.3 is 0 Å². The van der Waals surface area contributed by atoms with Gasteiger partial charge in [-0.1, -0.05) is 24.3 Å². The zero-order valence-corrected chi connectivity index (χ0v) is 13.0. The second-order valence-corrected chi connectivity index (χ2v) is 5.16. The molecular weight excluding hydrogens is 281 g/mol. The maximum Gasteiger partial charge on any atom is 0.128 e. The van der Waals surface area contributed by atoms with Crippen molar-refractivity contribution in [2.45, 2.75) is 33.0 Å². The van der Waals surface area contributed by atoms with Crippen molar-refractivity contribution >= 4 is 0 Å². The van der Waals surface area contributed by atoms with Crippen LogP contribution in [0.25, 0.3) is 0 Å². The maximum absolute atomic E-state index is 13.4. The number of hydrogen-bond acceptors (Lipinski definition) is 3. The van der Waals surface area contributed by atoms with Crippen molar-refractivity contribution in [2.75, 3.05) is 6.61 Å². The van der Waals surface area contributed by atoms with Crippen LogP contribution in [0.5, 0.6) is 5.75 Å². The molecule has 0 radical (unpaired) electrons. The van der Waals surface area contributed by atoms with E-state index in [1.165, 1.54) is 6.07 Å². The van der Waals surface area contributed by atoms with E-state index in [0.29, 0.717) is 18.7 Å². The largest absolute Gasteiger partial charge is 0.494 e. The number of aliphatic hydroxyl groups is 1. The molecule has 4 heteroatoms. The monoisotopic (exact) mass is 303 g/mol. The lowest BCUT2D eigenvalue weighted by atomic mass is 10.1. The third-order valence-corrected chi connectivity index (χ3v) is 3.58. The summed E-state index contributed by atoms with van der Waals surface area (Å²) in [6.07, 6.45) is 0. The number of ether oxygens (including phenoxy) is 1. The first-order valence-corrected chi connectivity index (χ1v) is 7.49. The van der Waals surface area contributed by atoms with E-state index in [2.05, 4.69) is 12.2 Å². The highest BCUT2D eigenvalue weighted by Crippen LogP contribution is 2.25. The second-order valence-electron chi connectivity index (χ2n) is 5.16. The van der Waals surface area contributed by atoms with Crippen molar-refractivity contribution in [3.63, 3.8) is 0 Å². The van der Waals surface area contributed by atoms with Gasteiger partial charge in [0.25, 0.3) is 0 Å². The zero-order valence-electron chi connectivity index (χ0n) is 13.0. The van der Waals surface area contributed by atoms with Gasteiger partial charge in [0.15, 0.2) is 0 Å². The summed E-state index contributed by atoms with van der Waals surface area (Å²) >= 11 is 0. The number of para-hydroxylation sites is 1. The van der Waals surface area contributed by atoms with Crippen molar-refractivity contribution < 1.29 is 14.2 Å². The van der Waals surface area contributed by atoms with Crippen molar-refractivity contribution in [1.29, 1.82) is 0 Å². The molecule has 0 saturated heterocycles. The van der Waals surface area contributed by atoms with Crippen LogP contribution >= 0.6 is 0 Å². The zero-order chi connectivity index (χ0) is 15.9. The molecule has 0 aliphatic rings. The minimum atomic E-state index is -0.374. The summed E-state index contributed by atoms with van der Waals surface area (Å²) in [7, 11) is 0. The average molecular weight is 303 g/mol. The molecule has 2 rings (SSSR count). The van der Waals surface area contributed by atoms with Crippen LogP contribution in [0.2, 0.25) is 0 Å². The quantitative estimate of drug-likeness (QED) is 0.821. The Labute approximate surface area is 130 Å². The third-order valence-electron chi connectivity index (χ3n) is 3.58. The molecule has 2 aromatic rings. The van der Waals surface area contributed by atoms with Crippen LogP contribution in [-0.4, -0.2) is 11.7 Å². The Balaban J connectivity index is 2.05. The lowest BCUT2D eigenvalue weighted by molar-refractivity contribution is 0.275. The maximum atomic E-state index is 13.4. The van der Waals surface area contributed by atoms with E-state index in [4.69, 9.17) is 9.84 Å². The van der Waals surface area contributed by atoms with Crippen LogP contribution in [0.1, 0.15) is 36.6 Å². The molecule has 0 aromatic heterocycles. The van der Waals surface area contributed by atoms with Crippen molar-refractivity contribution in [2.24, 2.45) is 0 Å². The smallest absolute Gasteiger partial charge is 0.128 e. The highest BCUT2D eigenvalue weighted by Gasteiger charge is 2.11. The van der Waals surface area contributed by atoms with Crippen LogP contribution in [0.3, 0.4) is 0 Å². The van der Waals surface area contributed by atoms with Crippen LogP contribution in [-0.2, 0) is 13.2 Å². The van der Waals surface area contributed by atoms with Crippen molar-refractivity contribution in [3.8, 4) is 5.75 Å². The van der Waals surface area contributed by atoms with Gasteiger partial charge in [-0.05, 0) is 37.6 Å². The first-order valence-electron chi connectivity index (χ1n) is 7.49. The van der Waals surface area contributed by atoms with E-state index in [-0.39, 0.29) is 18.5 Å². The molecule has 2 N–H and O–H groups in total. The summed E-state index contributed by atoms with van der Waals surface area (Å²) in [6, 6.07) is 12.8. The number of hydrogen-bond donors (Lipinski definition) is 2. The van der Waals surface area contributed by atoms with Gasteiger partial charge in [-0.15, -0.1) is 0 Å². The average Bonchev–Trinajstić information content (AvgIpc) is 2.54. The molecule has 0 heterocycles. The summed E-state index contributed by atoms with van der Waals surface area (Å²) in [5.74, 6) is 0.501. The van der Waals surface area contributed by atoms with Gasteiger partial charge in [0.05, 0.1) is 13.2 Å². The van der Waals surface area contributed by atoms with E-state index >= 15 is 0 Å². The minimum absolute atomic E-state index is 0.102. The van der Waals surface area contributed by atoms with E-state index < -0.39 is 0 Å². The number of halogens is 1. The minimum Gasteiger partial charge on any atom is -0.494 e. The fraction of sp³-hybridized carbons (Fsp3) is 0.333. The molecule has 3 nitrogen and oxygen atoms in total. The highest BCUT2D eigenvalue weighted by atomic mass is 19.1. The topological polar surface area (TPSA) is 41.5 Å². The summed E-state index contributed by atoms with van der Waals surface area (Å²) < 4.78 is 19.0. The summed E-state index contributed by atoms with van der Waals surface area (Å²) in [5, 5.41) is 12.5. The van der Waals surface area contributed by atoms with E-state index in [9.17, 15) is 4.39 Å². The molecule has 22 heavy (non-hydrogen) atoms. The van der Waals surface area contributed by atoms with Gasteiger partial charge in [-0.2, -0.15) is 0 Å². The molecule has 2 aromatic carbocycles. The Kier molecular flexibility index (Phi) is 5.92. The molecule has 118 valence electrons. The molecule has 0 saturated carbocycles. The molecule has 0 bridgehead atoms. The van der Waals surface area contributed by atoms with Gasteiger partial charge in [0.1, 0.15) is 11.6 Å². The van der Waals surface area contributed by atoms with E-state index in [0.717, 1.165) is 16.9 Å². The lowest BCUT2D eigenvalue weighted by Gasteiger charge is -2.18. The Morgan fingerprint density at radius 1 is 1.23 bits per heavy atom. The number of nitrogens with one attached hydrogen (secondary N) is 1. The molecule has 1 unspecified atom stereocenters. The molecule has 0 amide bonds. The number of benzene rings is 2. The second kappa shape index (κ2) is 7.92. The Hall–Kier alpha value is -1.91. The van der Waals surface area contributed by atoms with Crippen molar-refractivity contribution in [1.82, 2.24) is 5.32 Å². The Morgan fingerprint density at radius 3 is 2.73 bits per heavy atom. The third kappa shape index (κ3) is 4.06. The fourth-order valence-corrected chi connectivity index (χ4v) is 2.37. The standard InChI is InChI=1S/C18H22FNO2/c1-3-22-18-7-5-4-6-16(18)13(2)20-11-14-8-9-17(19)15(10-14)12-21/h4-10,13,20-21H,3,11-12H2,1-2H3. The number of rotatable bonds is 7. The Bertz CT molecular complexity index is 616.